The lowest BCUT2D eigenvalue weighted by Gasteiger charge is -1.99. The third kappa shape index (κ3) is 1.88. The van der Waals surface area contributed by atoms with E-state index in [0.717, 1.165) is 0 Å². The zero-order valence-corrected chi connectivity index (χ0v) is 8.57. The van der Waals surface area contributed by atoms with E-state index in [1.807, 2.05) is 0 Å². The quantitative estimate of drug-likeness (QED) is 0.613. The van der Waals surface area contributed by atoms with Gasteiger partial charge in [-0.25, -0.2) is 4.79 Å². The molecule has 0 heterocycles. The highest BCUT2D eigenvalue weighted by Crippen LogP contribution is 2.15. The van der Waals surface area contributed by atoms with Crippen molar-refractivity contribution in [1.29, 1.82) is 0 Å². The highest BCUT2D eigenvalue weighted by Gasteiger charge is 2.09. The molecular formula is C8H7IO3. The van der Waals surface area contributed by atoms with Crippen LogP contribution in [0, 0.1) is 3.57 Å². The van der Waals surface area contributed by atoms with Crippen molar-refractivity contribution in [2.75, 3.05) is 7.11 Å². The van der Waals surface area contributed by atoms with Crippen molar-refractivity contribution in [2.45, 2.75) is 0 Å². The average molecular weight is 278 g/mol. The maximum atomic E-state index is 11.0. The highest BCUT2D eigenvalue weighted by molar-refractivity contribution is 14.1. The van der Waals surface area contributed by atoms with E-state index < -0.39 is 27.2 Å². The van der Waals surface area contributed by atoms with Crippen molar-refractivity contribution in [2.24, 2.45) is 0 Å². The topological polar surface area (TPSA) is 43.4 Å². The van der Waals surface area contributed by atoms with Crippen molar-refractivity contribution in [3.63, 3.8) is 0 Å². The summed E-state index contributed by atoms with van der Waals surface area (Å²) in [6.45, 7) is 0. The lowest BCUT2D eigenvalue weighted by molar-refractivity contribution is 0.0599. The molecule has 0 amide bonds. The minimum Gasteiger partial charge on any atom is -0.465 e. The molecule has 0 aliphatic rings. The Balaban J connectivity index is 3.13. The van der Waals surface area contributed by atoms with E-state index in [1.165, 1.54) is 7.11 Å². The number of methoxy groups -OCH3 is 1. The molecule has 0 atom stereocenters. The van der Waals surface area contributed by atoms with Crippen molar-refractivity contribution in [3.8, 4) is 0 Å². The molecule has 0 unspecified atom stereocenters. The van der Waals surface area contributed by atoms with Crippen LogP contribution in [0.1, 0.15) is 10.4 Å². The van der Waals surface area contributed by atoms with Crippen LogP contribution < -0.4 is 0 Å². The lowest BCUT2D eigenvalue weighted by Crippen LogP contribution is -2.03. The molecule has 0 saturated heterocycles. The van der Waals surface area contributed by atoms with Crippen molar-refractivity contribution < 1.29 is 12.6 Å². The second kappa shape index (κ2) is 4.30. The first-order chi connectivity index (χ1) is 5.79. The zero-order chi connectivity index (χ0) is 8.97. The molecule has 0 radical (unpaired) electrons. The van der Waals surface area contributed by atoms with Crippen LogP contribution in [-0.2, 0) is 7.81 Å². The monoisotopic (exact) mass is 278 g/mol. The number of halogens is 1. The van der Waals surface area contributed by atoms with Gasteiger partial charge in [0.25, 0.3) is 0 Å². The molecule has 0 aliphatic carbocycles. The number of rotatable bonds is 2. The predicted molar refractivity (Wildman–Crippen MR) is 51.2 cm³/mol. The average Bonchev–Trinajstić information content (AvgIpc) is 2.16. The van der Waals surface area contributed by atoms with Crippen molar-refractivity contribution >= 4 is 27.2 Å². The number of ether oxygens (including phenoxy) is 1. The van der Waals surface area contributed by atoms with Crippen LogP contribution in [0.25, 0.3) is 0 Å². The van der Waals surface area contributed by atoms with Gasteiger partial charge in [-0.15, -0.1) is 0 Å². The molecule has 1 aromatic carbocycles. The third-order valence-electron chi connectivity index (χ3n) is 1.36. The van der Waals surface area contributed by atoms with Crippen LogP contribution in [-0.4, -0.2) is 13.1 Å². The largest absolute Gasteiger partial charge is 0.465 e. The van der Waals surface area contributed by atoms with Crippen LogP contribution in [0.4, 0.5) is 0 Å². The predicted octanol–water partition coefficient (Wildman–Crippen LogP) is 1.96. The maximum Gasteiger partial charge on any atom is 0.339 e. The van der Waals surface area contributed by atoms with Crippen LogP contribution in [0.3, 0.4) is 0 Å². The molecule has 64 valence electrons. The molecule has 0 fully saturated rings. The van der Waals surface area contributed by atoms with Gasteiger partial charge in [-0.3, -0.25) is 3.07 Å². The molecule has 0 saturated carbocycles. The summed E-state index contributed by atoms with van der Waals surface area (Å²) in [6, 6.07) is 6.75. The van der Waals surface area contributed by atoms with Gasteiger partial charge < -0.3 is 4.74 Å². The number of benzene rings is 1. The Morgan fingerprint density at radius 2 is 2.08 bits per heavy atom. The fourth-order valence-electron chi connectivity index (χ4n) is 0.804. The molecule has 0 aromatic heterocycles. The summed E-state index contributed by atoms with van der Waals surface area (Å²) in [7, 11) is 1.31. The lowest BCUT2D eigenvalue weighted by atomic mass is 10.2. The molecule has 0 bridgehead atoms. The third-order valence-corrected chi connectivity index (χ3v) is 2.78. The number of carbonyl (C=O) groups excluding carboxylic acids is 1. The summed E-state index contributed by atoms with van der Waals surface area (Å²) < 4.78 is 15.8. The Morgan fingerprint density at radius 3 is 2.67 bits per heavy atom. The van der Waals surface area contributed by atoms with E-state index in [2.05, 4.69) is 4.74 Å². The van der Waals surface area contributed by atoms with Crippen molar-refractivity contribution in [3.05, 3.63) is 33.4 Å². The Kier molecular flexibility index (Phi) is 3.33. The summed E-state index contributed by atoms with van der Waals surface area (Å²) in [5, 5.41) is 0. The smallest absolute Gasteiger partial charge is 0.339 e. The Hall–Kier alpha value is -0.780. The molecule has 4 heteroatoms. The Morgan fingerprint density at radius 1 is 1.42 bits per heavy atom. The van der Waals surface area contributed by atoms with E-state index in [0.29, 0.717) is 9.13 Å². The molecule has 0 aliphatic heterocycles. The van der Waals surface area contributed by atoms with Gasteiger partial charge in [0.1, 0.15) is 0 Å². The summed E-state index contributed by atoms with van der Waals surface area (Å²) in [4.78, 5) is 11.0. The maximum absolute atomic E-state index is 11.0. The van der Waals surface area contributed by atoms with E-state index in [1.54, 1.807) is 24.3 Å². The van der Waals surface area contributed by atoms with E-state index in [9.17, 15) is 7.86 Å². The normalized spacial score (nSPS) is 9.42. The molecule has 12 heavy (non-hydrogen) atoms. The molecule has 0 N–H and O–H groups in total. The van der Waals surface area contributed by atoms with Crippen LogP contribution >= 0.6 is 21.2 Å². The Bertz CT molecular complexity index is 309. The van der Waals surface area contributed by atoms with Gasteiger partial charge >= 0.3 is 5.97 Å². The molecule has 3 nitrogen and oxygen atoms in total. The fourth-order valence-corrected chi connectivity index (χ4v) is 1.80. The first-order valence-corrected chi connectivity index (χ1v) is 5.20. The molecular weight excluding hydrogens is 271 g/mol. The van der Waals surface area contributed by atoms with Gasteiger partial charge in [-0.2, -0.15) is 0 Å². The zero-order valence-electron chi connectivity index (χ0n) is 6.41. The second-order valence-electron chi connectivity index (χ2n) is 2.05. The van der Waals surface area contributed by atoms with Crippen LogP contribution in [0.15, 0.2) is 24.3 Å². The number of carbonyl (C=O) groups is 1. The summed E-state index contributed by atoms with van der Waals surface area (Å²) in [5.74, 6) is -0.429. The minimum atomic E-state index is -1.30. The second-order valence-corrected chi connectivity index (χ2v) is 3.65. The first-order valence-electron chi connectivity index (χ1n) is 3.24. The van der Waals surface area contributed by atoms with E-state index in [4.69, 9.17) is 0 Å². The van der Waals surface area contributed by atoms with Crippen LogP contribution in [0.2, 0.25) is 0 Å². The van der Waals surface area contributed by atoms with Gasteiger partial charge in [-0.05, 0) is 12.1 Å². The standard InChI is InChI=1S/C8H7IO3/c1-12-8(10)6-4-2-3-5-7(6)9-11/h2-5H,1H3. The van der Waals surface area contributed by atoms with Gasteiger partial charge in [0.05, 0.1) is 16.2 Å². The SMILES string of the molecule is COC(=O)c1ccccc1I=O. The summed E-state index contributed by atoms with van der Waals surface area (Å²) >= 11 is -1.30. The highest BCUT2D eigenvalue weighted by atomic mass is 127. The number of hydrogen-bond donors (Lipinski definition) is 0. The van der Waals surface area contributed by atoms with Gasteiger partial charge in [0, 0.05) is 0 Å². The van der Waals surface area contributed by atoms with Gasteiger partial charge in [-0.1, -0.05) is 12.1 Å². The van der Waals surface area contributed by atoms with Crippen molar-refractivity contribution in [1.82, 2.24) is 0 Å². The molecule has 0 spiro atoms. The van der Waals surface area contributed by atoms with E-state index in [-0.39, 0.29) is 0 Å². The number of hydrogen-bond acceptors (Lipinski definition) is 3. The minimum absolute atomic E-state index is 0.405. The Labute approximate surface area is 80.4 Å². The molecule has 1 aromatic rings. The number of esters is 1. The molecule has 1 rings (SSSR count). The summed E-state index contributed by atoms with van der Waals surface area (Å²) in [6.07, 6.45) is 0. The first kappa shape index (κ1) is 9.31. The summed E-state index contributed by atoms with van der Waals surface area (Å²) in [5.41, 5.74) is 0.405. The van der Waals surface area contributed by atoms with E-state index >= 15 is 0 Å². The fraction of sp³-hybridized carbons (Fsp3) is 0.125. The van der Waals surface area contributed by atoms with Gasteiger partial charge in [0.15, 0.2) is 21.2 Å². The van der Waals surface area contributed by atoms with Crippen LogP contribution in [0.5, 0.6) is 0 Å². The van der Waals surface area contributed by atoms with Gasteiger partial charge in [0.2, 0.25) is 0 Å².